The highest BCUT2D eigenvalue weighted by Crippen LogP contribution is 2.23. The van der Waals surface area contributed by atoms with Crippen LogP contribution in [0.2, 0.25) is 0 Å². The monoisotopic (exact) mass is 284 g/mol. The molecule has 4 nitrogen and oxygen atoms in total. The minimum Gasteiger partial charge on any atom is -0.321 e. The van der Waals surface area contributed by atoms with Crippen molar-refractivity contribution in [3.63, 3.8) is 0 Å². The second kappa shape index (κ2) is 5.79. The van der Waals surface area contributed by atoms with Crippen molar-refractivity contribution in [2.24, 2.45) is 0 Å². The smallest absolute Gasteiger partial charge is 0.238 e. The van der Waals surface area contributed by atoms with E-state index in [1.165, 1.54) is 12.1 Å². The average Bonchev–Trinajstić information content (AvgIpc) is 2.71. The lowest BCUT2D eigenvalue weighted by Gasteiger charge is -2.26. The molecule has 1 aromatic rings. The number of nitrogens with one attached hydrogen (secondary N) is 1. The second-order valence-electron chi connectivity index (χ2n) is 4.69. The molecule has 2 rings (SSSR count). The first-order valence-electron chi connectivity index (χ1n) is 6.09. The van der Waals surface area contributed by atoms with Gasteiger partial charge in [-0.15, -0.1) is 0 Å². The molecule has 1 aliphatic heterocycles. The predicted molar refractivity (Wildman–Crippen MR) is 72.4 cm³/mol. The van der Waals surface area contributed by atoms with Crippen molar-refractivity contribution in [1.82, 2.24) is 10.2 Å². The maximum absolute atomic E-state index is 13.3. The van der Waals surface area contributed by atoms with Gasteiger partial charge in [0.05, 0.1) is 6.54 Å². The van der Waals surface area contributed by atoms with Gasteiger partial charge in [0.25, 0.3) is 0 Å². The molecule has 1 aliphatic rings. The van der Waals surface area contributed by atoms with Gasteiger partial charge in [-0.05, 0) is 24.6 Å². The summed E-state index contributed by atoms with van der Waals surface area (Å²) in [5.41, 5.74) is 0.708. The van der Waals surface area contributed by atoms with Crippen LogP contribution in [-0.4, -0.2) is 39.6 Å². The van der Waals surface area contributed by atoms with Crippen LogP contribution in [0.4, 0.5) is 4.39 Å². The lowest BCUT2D eigenvalue weighted by molar-refractivity contribution is -0.128. The number of hydrogen-bond donors (Lipinski definition) is 1. The van der Waals surface area contributed by atoms with E-state index in [0.717, 1.165) is 0 Å². The Kier molecular flexibility index (Phi) is 4.31. The molecule has 1 saturated heterocycles. The van der Waals surface area contributed by atoms with Gasteiger partial charge in [0.1, 0.15) is 12.0 Å². The first-order valence-corrected chi connectivity index (χ1v) is 7.71. The van der Waals surface area contributed by atoms with E-state index in [2.05, 4.69) is 5.32 Å². The summed E-state index contributed by atoms with van der Waals surface area (Å²) >= 11 is 0. The van der Waals surface area contributed by atoms with Gasteiger partial charge in [-0.2, -0.15) is 0 Å². The highest BCUT2D eigenvalue weighted by Gasteiger charge is 2.33. The standard InChI is InChI=1S/C13H17FN2O2S/c1-9(19(2)18)8-16-12(17)7-15-13(16)10-4-3-5-11(14)6-10/h3-6,9,13,15H,7-8H2,1-2H3. The van der Waals surface area contributed by atoms with Crippen molar-refractivity contribution in [3.8, 4) is 0 Å². The van der Waals surface area contributed by atoms with Crippen LogP contribution >= 0.6 is 0 Å². The van der Waals surface area contributed by atoms with Crippen LogP contribution in [0.15, 0.2) is 24.3 Å². The number of halogens is 1. The lowest BCUT2D eigenvalue weighted by Crippen LogP contribution is -2.37. The fourth-order valence-corrected chi connectivity index (χ4v) is 2.47. The highest BCUT2D eigenvalue weighted by molar-refractivity contribution is 7.84. The molecule has 0 bridgehead atoms. The lowest BCUT2D eigenvalue weighted by atomic mass is 10.1. The average molecular weight is 284 g/mol. The molecule has 1 fully saturated rings. The summed E-state index contributed by atoms with van der Waals surface area (Å²) in [4.78, 5) is 13.5. The Morgan fingerprint density at radius 3 is 2.95 bits per heavy atom. The van der Waals surface area contributed by atoms with E-state index < -0.39 is 10.8 Å². The number of benzene rings is 1. The van der Waals surface area contributed by atoms with Crippen LogP contribution in [0, 0.1) is 5.82 Å². The maximum atomic E-state index is 13.3. The molecule has 3 unspecified atom stereocenters. The SMILES string of the molecule is CC(CN1C(=O)CNC1c1cccc(F)c1)S(C)=O. The molecule has 6 heteroatoms. The molecule has 19 heavy (non-hydrogen) atoms. The Bertz CT molecular complexity index is 509. The van der Waals surface area contributed by atoms with Crippen molar-refractivity contribution < 1.29 is 13.4 Å². The van der Waals surface area contributed by atoms with Gasteiger partial charge in [-0.25, -0.2) is 4.39 Å². The molecule has 3 atom stereocenters. The molecule has 1 amide bonds. The molecular weight excluding hydrogens is 267 g/mol. The third-order valence-electron chi connectivity index (χ3n) is 3.26. The topological polar surface area (TPSA) is 49.4 Å². The van der Waals surface area contributed by atoms with Gasteiger partial charge in [-0.3, -0.25) is 14.3 Å². The third-order valence-corrected chi connectivity index (χ3v) is 4.55. The van der Waals surface area contributed by atoms with Crippen LogP contribution in [0.3, 0.4) is 0 Å². The van der Waals surface area contributed by atoms with Crippen LogP contribution in [0.1, 0.15) is 18.7 Å². The van der Waals surface area contributed by atoms with Gasteiger partial charge in [-0.1, -0.05) is 12.1 Å². The normalized spacial score (nSPS) is 22.6. The minimum absolute atomic E-state index is 0.0495. The third kappa shape index (κ3) is 3.19. The number of hydrogen-bond acceptors (Lipinski definition) is 3. The number of carbonyl (C=O) groups excluding carboxylic acids is 1. The Balaban J connectivity index is 2.20. The Hall–Kier alpha value is -1.27. The molecular formula is C13H17FN2O2S. The largest absolute Gasteiger partial charge is 0.321 e. The van der Waals surface area contributed by atoms with Crippen LogP contribution in [0.25, 0.3) is 0 Å². The molecule has 0 saturated carbocycles. The second-order valence-corrected chi connectivity index (χ2v) is 6.50. The number of carbonyl (C=O) groups is 1. The van der Waals surface area contributed by atoms with Gasteiger partial charge >= 0.3 is 0 Å². The van der Waals surface area contributed by atoms with Crippen molar-refractivity contribution in [2.75, 3.05) is 19.3 Å². The van der Waals surface area contributed by atoms with Gasteiger partial charge in [0.2, 0.25) is 5.91 Å². The molecule has 0 spiro atoms. The maximum Gasteiger partial charge on any atom is 0.238 e. The summed E-state index contributed by atoms with van der Waals surface area (Å²) in [7, 11) is -0.993. The summed E-state index contributed by atoms with van der Waals surface area (Å²) in [6.45, 7) is 2.46. The van der Waals surface area contributed by atoms with E-state index in [1.807, 2.05) is 6.92 Å². The summed E-state index contributed by atoms with van der Waals surface area (Å²) in [6, 6.07) is 6.18. The van der Waals surface area contributed by atoms with Crippen molar-refractivity contribution >= 4 is 16.7 Å². The fraction of sp³-hybridized carbons (Fsp3) is 0.462. The first-order chi connectivity index (χ1) is 8.99. The number of rotatable bonds is 4. The Morgan fingerprint density at radius 1 is 1.58 bits per heavy atom. The zero-order chi connectivity index (χ0) is 14.0. The van der Waals surface area contributed by atoms with E-state index >= 15 is 0 Å². The molecule has 1 heterocycles. The van der Waals surface area contributed by atoms with E-state index in [-0.39, 0.29) is 29.7 Å². The van der Waals surface area contributed by atoms with E-state index in [4.69, 9.17) is 0 Å². The Labute approximate surface area is 114 Å². The molecule has 0 radical (unpaired) electrons. The van der Waals surface area contributed by atoms with E-state index in [1.54, 1.807) is 23.3 Å². The van der Waals surface area contributed by atoms with Gasteiger partial charge < -0.3 is 4.90 Å². The van der Waals surface area contributed by atoms with E-state index in [0.29, 0.717) is 12.1 Å². The van der Waals surface area contributed by atoms with Gasteiger partial charge in [0, 0.05) is 28.9 Å². The summed E-state index contributed by atoms with van der Waals surface area (Å²) in [6.07, 6.45) is 1.28. The molecule has 104 valence electrons. The number of nitrogens with zero attached hydrogens (tertiary/aromatic N) is 1. The quantitative estimate of drug-likeness (QED) is 0.898. The van der Waals surface area contributed by atoms with Crippen molar-refractivity contribution in [2.45, 2.75) is 18.3 Å². The molecule has 1 N–H and O–H groups in total. The first kappa shape index (κ1) is 14.1. The van der Waals surface area contributed by atoms with Gasteiger partial charge in [0.15, 0.2) is 0 Å². The van der Waals surface area contributed by atoms with E-state index in [9.17, 15) is 13.4 Å². The highest BCUT2D eigenvalue weighted by atomic mass is 32.2. The summed E-state index contributed by atoms with van der Waals surface area (Å²) < 4.78 is 24.7. The summed E-state index contributed by atoms with van der Waals surface area (Å²) in [5, 5.41) is 2.94. The summed E-state index contributed by atoms with van der Waals surface area (Å²) in [5.74, 6) is -0.378. The van der Waals surface area contributed by atoms with Crippen LogP contribution in [-0.2, 0) is 15.6 Å². The zero-order valence-corrected chi connectivity index (χ0v) is 11.7. The fourth-order valence-electron chi connectivity index (χ4n) is 2.10. The van der Waals surface area contributed by atoms with Crippen LogP contribution in [0.5, 0.6) is 0 Å². The molecule has 0 aromatic heterocycles. The molecule has 0 aliphatic carbocycles. The molecule has 1 aromatic carbocycles. The number of amides is 1. The van der Waals surface area contributed by atoms with Crippen molar-refractivity contribution in [1.29, 1.82) is 0 Å². The minimum atomic E-state index is -0.993. The zero-order valence-electron chi connectivity index (χ0n) is 10.9. The van der Waals surface area contributed by atoms with Crippen molar-refractivity contribution in [3.05, 3.63) is 35.6 Å². The van der Waals surface area contributed by atoms with Crippen LogP contribution < -0.4 is 5.32 Å². The predicted octanol–water partition coefficient (Wildman–Crippen LogP) is 1.02. The Morgan fingerprint density at radius 2 is 2.32 bits per heavy atom.